The van der Waals surface area contributed by atoms with Gasteiger partial charge < -0.3 is 4.98 Å². The summed E-state index contributed by atoms with van der Waals surface area (Å²) in [4.78, 5) is 18.4. The van der Waals surface area contributed by atoms with Gasteiger partial charge in [-0.1, -0.05) is 54.6 Å². The normalized spacial score (nSPS) is 16.4. The number of anilines is 1. The second kappa shape index (κ2) is 5.35. The molecule has 1 amide bonds. The molecule has 5 rings (SSSR count). The number of fused-ring (bicyclic) bond motifs is 2. The lowest BCUT2D eigenvalue weighted by molar-refractivity contribution is 0.0993. The number of nitrogens with one attached hydrogen (secondary N) is 1. The van der Waals surface area contributed by atoms with Crippen molar-refractivity contribution in [2.45, 2.75) is 6.04 Å². The molecule has 2 heterocycles. The number of rotatable bonds is 2. The van der Waals surface area contributed by atoms with Crippen LogP contribution in [0.25, 0.3) is 10.9 Å². The number of nitrogens with zero attached hydrogens (tertiary/aromatic N) is 1. The van der Waals surface area contributed by atoms with Gasteiger partial charge in [0.25, 0.3) is 5.91 Å². The lowest BCUT2D eigenvalue weighted by Gasteiger charge is -2.25. The molecule has 0 unspecified atom stereocenters. The smallest absolute Gasteiger partial charge is 0.259 e. The fourth-order valence-electron chi connectivity index (χ4n) is 3.80. The summed E-state index contributed by atoms with van der Waals surface area (Å²) in [6, 6.07) is 25.9. The van der Waals surface area contributed by atoms with E-state index in [1.165, 1.54) is 0 Å². The summed E-state index contributed by atoms with van der Waals surface area (Å²) in [7, 11) is 0. The first-order chi connectivity index (χ1) is 12.3. The second-order valence-corrected chi connectivity index (χ2v) is 6.29. The van der Waals surface area contributed by atoms with Crippen molar-refractivity contribution in [2.24, 2.45) is 0 Å². The van der Waals surface area contributed by atoms with Gasteiger partial charge in [-0.25, -0.2) is 0 Å². The van der Waals surface area contributed by atoms with E-state index in [1.807, 2.05) is 71.8 Å². The van der Waals surface area contributed by atoms with E-state index in [2.05, 4.69) is 23.2 Å². The van der Waals surface area contributed by atoms with Gasteiger partial charge in [0.15, 0.2) is 0 Å². The first kappa shape index (κ1) is 14.1. The number of aromatic amines is 1. The van der Waals surface area contributed by atoms with Gasteiger partial charge in [-0.2, -0.15) is 0 Å². The van der Waals surface area contributed by atoms with E-state index in [4.69, 9.17) is 0 Å². The van der Waals surface area contributed by atoms with Crippen LogP contribution < -0.4 is 4.90 Å². The number of carbonyl (C=O) groups excluding carboxylic acids is 1. The first-order valence-corrected chi connectivity index (χ1v) is 8.38. The Morgan fingerprint density at radius 1 is 0.760 bits per heavy atom. The predicted octanol–water partition coefficient (Wildman–Crippen LogP) is 4.92. The largest absolute Gasteiger partial charge is 0.361 e. The Labute approximate surface area is 145 Å². The number of para-hydroxylation sites is 2. The van der Waals surface area contributed by atoms with E-state index < -0.39 is 0 Å². The SMILES string of the molecule is O=C1c2ccccc2[C@@H](c2c[nH]c3ccccc23)N1c1ccccc1. The van der Waals surface area contributed by atoms with Crippen molar-refractivity contribution in [3.8, 4) is 0 Å². The van der Waals surface area contributed by atoms with Crippen molar-refractivity contribution in [2.75, 3.05) is 4.90 Å². The van der Waals surface area contributed by atoms with Gasteiger partial charge in [0.05, 0.1) is 6.04 Å². The number of carbonyl (C=O) groups is 1. The van der Waals surface area contributed by atoms with Crippen LogP contribution in [0.15, 0.2) is 85.1 Å². The van der Waals surface area contributed by atoms with E-state index in [1.54, 1.807) is 0 Å². The number of H-pyrrole nitrogens is 1. The van der Waals surface area contributed by atoms with E-state index in [9.17, 15) is 4.79 Å². The van der Waals surface area contributed by atoms with Crippen molar-refractivity contribution in [3.63, 3.8) is 0 Å². The summed E-state index contributed by atoms with van der Waals surface area (Å²) in [5.41, 5.74) is 4.96. The van der Waals surface area contributed by atoms with Crippen LogP contribution >= 0.6 is 0 Å². The molecule has 4 aromatic rings. The minimum atomic E-state index is -0.123. The summed E-state index contributed by atoms with van der Waals surface area (Å²) in [5, 5.41) is 1.15. The maximum Gasteiger partial charge on any atom is 0.259 e. The van der Waals surface area contributed by atoms with Crippen LogP contribution in [0, 0.1) is 0 Å². The van der Waals surface area contributed by atoms with Crippen LogP contribution in [0.3, 0.4) is 0 Å². The Balaban J connectivity index is 1.78. The fraction of sp³-hybridized carbons (Fsp3) is 0.0455. The molecule has 0 bridgehead atoms. The molecular weight excluding hydrogens is 308 g/mol. The fourth-order valence-corrected chi connectivity index (χ4v) is 3.80. The molecule has 25 heavy (non-hydrogen) atoms. The highest BCUT2D eigenvalue weighted by molar-refractivity contribution is 6.12. The molecule has 1 aromatic heterocycles. The van der Waals surface area contributed by atoms with Crippen molar-refractivity contribution < 1.29 is 4.79 Å². The lowest BCUT2D eigenvalue weighted by atomic mass is 9.97. The van der Waals surface area contributed by atoms with Crippen LogP contribution in [0.5, 0.6) is 0 Å². The summed E-state index contributed by atoms with van der Waals surface area (Å²) in [5.74, 6) is 0.0529. The number of benzene rings is 3. The van der Waals surface area contributed by atoms with Crippen LogP contribution in [0.2, 0.25) is 0 Å². The highest BCUT2D eigenvalue weighted by atomic mass is 16.2. The Kier molecular flexibility index (Phi) is 3.01. The van der Waals surface area contributed by atoms with Crippen molar-refractivity contribution in [1.29, 1.82) is 0 Å². The number of hydrogen-bond acceptors (Lipinski definition) is 1. The predicted molar refractivity (Wildman–Crippen MR) is 99.8 cm³/mol. The third kappa shape index (κ3) is 2.02. The lowest BCUT2D eigenvalue weighted by Crippen LogP contribution is -2.28. The third-order valence-electron chi connectivity index (χ3n) is 4.91. The van der Waals surface area contributed by atoms with Crippen LogP contribution in [0.1, 0.15) is 27.5 Å². The average Bonchev–Trinajstić information content (AvgIpc) is 3.22. The number of hydrogen-bond donors (Lipinski definition) is 1. The molecule has 1 N–H and O–H groups in total. The van der Waals surface area contributed by atoms with Gasteiger partial charge in [-0.15, -0.1) is 0 Å². The minimum absolute atomic E-state index is 0.0529. The molecule has 0 saturated carbocycles. The Hall–Kier alpha value is -3.33. The average molecular weight is 324 g/mol. The molecular formula is C22H16N2O. The van der Waals surface area contributed by atoms with E-state index >= 15 is 0 Å². The monoisotopic (exact) mass is 324 g/mol. The van der Waals surface area contributed by atoms with Crippen molar-refractivity contribution in [3.05, 3.63) is 102 Å². The third-order valence-corrected chi connectivity index (χ3v) is 4.91. The minimum Gasteiger partial charge on any atom is -0.361 e. The molecule has 3 aromatic carbocycles. The van der Waals surface area contributed by atoms with Gasteiger partial charge in [-0.3, -0.25) is 9.69 Å². The van der Waals surface area contributed by atoms with Gasteiger partial charge in [0, 0.05) is 33.9 Å². The Bertz CT molecular complexity index is 1080. The van der Waals surface area contributed by atoms with E-state index in [-0.39, 0.29) is 11.9 Å². The van der Waals surface area contributed by atoms with E-state index in [0.29, 0.717) is 0 Å². The standard InChI is InChI=1S/C22H16N2O/c25-22-18-12-5-4-11-17(18)21(24(22)15-8-2-1-3-9-15)19-14-23-20-13-7-6-10-16(19)20/h1-14,21,23H/t21-/m0/s1. The molecule has 0 aliphatic carbocycles. The summed E-state index contributed by atoms with van der Waals surface area (Å²) < 4.78 is 0. The zero-order valence-electron chi connectivity index (χ0n) is 13.5. The van der Waals surface area contributed by atoms with Gasteiger partial charge in [-0.05, 0) is 29.8 Å². The molecule has 1 aliphatic rings. The van der Waals surface area contributed by atoms with Gasteiger partial charge in [0.1, 0.15) is 0 Å². The number of amides is 1. The summed E-state index contributed by atoms with van der Waals surface area (Å²) >= 11 is 0. The molecule has 1 aliphatic heterocycles. The van der Waals surface area contributed by atoms with E-state index in [0.717, 1.165) is 33.3 Å². The van der Waals surface area contributed by atoms with Crippen LogP contribution in [0.4, 0.5) is 5.69 Å². The number of aromatic nitrogens is 1. The van der Waals surface area contributed by atoms with Crippen LogP contribution in [-0.4, -0.2) is 10.9 Å². The Morgan fingerprint density at radius 2 is 1.48 bits per heavy atom. The molecule has 1 atom stereocenters. The van der Waals surface area contributed by atoms with Crippen LogP contribution in [-0.2, 0) is 0 Å². The summed E-state index contributed by atoms with van der Waals surface area (Å²) in [6.07, 6.45) is 2.03. The molecule has 3 nitrogen and oxygen atoms in total. The molecule has 3 heteroatoms. The zero-order valence-corrected chi connectivity index (χ0v) is 13.5. The molecule has 0 spiro atoms. The highest BCUT2D eigenvalue weighted by Crippen LogP contribution is 2.43. The quantitative estimate of drug-likeness (QED) is 0.558. The molecule has 0 saturated heterocycles. The first-order valence-electron chi connectivity index (χ1n) is 8.38. The highest BCUT2D eigenvalue weighted by Gasteiger charge is 2.39. The molecule has 0 fully saturated rings. The second-order valence-electron chi connectivity index (χ2n) is 6.29. The van der Waals surface area contributed by atoms with Gasteiger partial charge in [0.2, 0.25) is 0 Å². The molecule has 0 radical (unpaired) electrons. The zero-order chi connectivity index (χ0) is 16.8. The van der Waals surface area contributed by atoms with Gasteiger partial charge >= 0.3 is 0 Å². The van der Waals surface area contributed by atoms with Crippen molar-refractivity contribution >= 4 is 22.5 Å². The maximum absolute atomic E-state index is 13.2. The topological polar surface area (TPSA) is 36.1 Å². The van der Waals surface area contributed by atoms with Crippen molar-refractivity contribution in [1.82, 2.24) is 4.98 Å². The maximum atomic E-state index is 13.2. The molecule has 120 valence electrons. The Morgan fingerprint density at radius 3 is 2.36 bits per heavy atom. The summed E-state index contributed by atoms with van der Waals surface area (Å²) in [6.45, 7) is 0.